The maximum Gasteiger partial charge on any atom is 0.438 e. The van der Waals surface area contributed by atoms with Gasteiger partial charge in [-0.3, -0.25) is 0 Å². The van der Waals surface area contributed by atoms with E-state index in [9.17, 15) is 4.79 Å². The van der Waals surface area contributed by atoms with Crippen molar-refractivity contribution in [1.29, 1.82) is 0 Å². The summed E-state index contributed by atoms with van der Waals surface area (Å²) in [6, 6.07) is 0.0384. The molecule has 0 aromatic carbocycles. The molecule has 1 aromatic rings. The Balaban J connectivity index is 2.86. The second kappa shape index (κ2) is 3.82. The second-order valence-corrected chi connectivity index (χ2v) is 2.92. The van der Waals surface area contributed by atoms with Gasteiger partial charge in [0.25, 0.3) is 0 Å². The summed E-state index contributed by atoms with van der Waals surface area (Å²) < 4.78 is 5.81. The number of hydrogen-bond acceptors (Lipinski definition) is 4. The molecular weight excluding hydrogens is 188 g/mol. The third-order valence-corrected chi connectivity index (χ3v) is 1.79. The molecule has 1 heterocycles. The monoisotopic (exact) mass is 194 g/mol. The lowest BCUT2D eigenvalue weighted by atomic mass is 10.8. The van der Waals surface area contributed by atoms with E-state index in [1.807, 2.05) is 6.26 Å². The third-order valence-electron chi connectivity index (χ3n) is 1.03. The Morgan fingerprint density at radius 1 is 1.82 bits per heavy atom. The van der Waals surface area contributed by atoms with E-state index in [0.717, 1.165) is 4.68 Å². The van der Waals surface area contributed by atoms with Crippen molar-refractivity contribution in [1.82, 2.24) is 9.78 Å². The van der Waals surface area contributed by atoms with Gasteiger partial charge < -0.3 is 4.42 Å². The van der Waals surface area contributed by atoms with Crippen molar-refractivity contribution in [3.05, 3.63) is 16.4 Å². The van der Waals surface area contributed by atoms with E-state index in [4.69, 9.17) is 16.0 Å². The number of nitrogens with zero attached hydrogens (tertiary/aromatic N) is 2. The lowest BCUT2D eigenvalue weighted by Gasteiger charge is -1.85. The van der Waals surface area contributed by atoms with Crippen LogP contribution in [0.1, 0.15) is 5.89 Å². The van der Waals surface area contributed by atoms with Gasteiger partial charge >= 0.3 is 5.76 Å². The average molecular weight is 195 g/mol. The summed E-state index contributed by atoms with van der Waals surface area (Å²) in [7, 11) is 0. The third kappa shape index (κ3) is 2.00. The van der Waals surface area contributed by atoms with Gasteiger partial charge in [0.05, 0.1) is 5.75 Å². The molecule has 0 atom stereocenters. The van der Waals surface area contributed by atoms with E-state index in [-0.39, 0.29) is 6.00 Å². The molecule has 1 aromatic heterocycles. The normalized spacial score (nSPS) is 10.4. The van der Waals surface area contributed by atoms with Gasteiger partial charge in [0.15, 0.2) is 0 Å². The largest absolute Gasteiger partial charge is 0.438 e. The van der Waals surface area contributed by atoms with E-state index in [0.29, 0.717) is 11.6 Å². The Morgan fingerprint density at radius 3 is 3.00 bits per heavy atom. The Labute approximate surface area is 72.5 Å². The Morgan fingerprint density at radius 2 is 2.55 bits per heavy atom. The van der Waals surface area contributed by atoms with Crippen molar-refractivity contribution < 1.29 is 4.42 Å². The molecule has 11 heavy (non-hydrogen) atoms. The molecule has 0 saturated carbocycles. The minimum Gasteiger partial charge on any atom is -0.391 e. The van der Waals surface area contributed by atoms with E-state index in [1.54, 1.807) is 0 Å². The minimum absolute atomic E-state index is 0.0384. The standard InChI is InChI=1S/C5H7ClN2O2S/c1-11-2-4-7-8(3-6)5(9)10-4/h2-3H2,1H3. The Hall–Kier alpha value is -0.420. The van der Waals surface area contributed by atoms with Crippen LogP contribution in [0.25, 0.3) is 0 Å². The molecule has 62 valence electrons. The molecule has 4 nitrogen and oxygen atoms in total. The fourth-order valence-electron chi connectivity index (χ4n) is 0.607. The summed E-state index contributed by atoms with van der Waals surface area (Å²) >= 11 is 6.92. The maximum atomic E-state index is 10.8. The molecule has 0 spiro atoms. The minimum atomic E-state index is -0.496. The molecule has 0 radical (unpaired) electrons. The van der Waals surface area contributed by atoms with Crippen molar-refractivity contribution in [3.63, 3.8) is 0 Å². The number of hydrogen-bond donors (Lipinski definition) is 0. The predicted octanol–water partition coefficient (Wildman–Crippen LogP) is 0.896. The highest BCUT2D eigenvalue weighted by Gasteiger charge is 2.04. The van der Waals surface area contributed by atoms with Gasteiger partial charge in [-0.2, -0.15) is 16.4 Å². The van der Waals surface area contributed by atoms with E-state index >= 15 is 0 Å². The number of thioether (sulfide) groups is 1. The molecule has 0 saturated heterocycles. The summed E-state index contributed by atoms with van der Waals surface area (Å²) in [5.41, 5.74) is 0. The van der Waals surface area contributed by atoms with E-state index in [1.165, 1.54) is 11.8 Å². The van der Waals surface area contributed by atoms with E-state index < -0.39 is 5.76 Å². The molecule has 0 unspecified atom stereocenters. The molecule has 1 rings (SSSR count). The molecule has 0 aliphatic rings. The smallest absolute Gasteiger partial charge is 0.391 e. The van der Waals surface area contributed by atoms with Crippen LogP contribution in [0.4, 0.5) is 0 Å². The summed E-state index contributed by atoms with van der Waals surface area (Å²) in [5.74, 6) is 0.520. The van der Waals surface area contributed by atoms with Crippen LogP contribution in [-0.2, 0) is 11.8 Å². The van der Waals surface area contributed by atoms with Gasteiger partial charge in [0, 0.05) is 0 Å². The quantitative estimate of drug-likeness (QED) is 0.671. The number of alkyl halides is 1. The molecule has 0 aliphatic carbocycles. The van der Waals surface area contributed by atoms with Gasteiger partial charge in [-0.15, -0.1) is 16.7 Å². The summed E-state index contributed by atoms with van der Waals surface area (Å²) in [6.45, 7) is 0. The first-order valence-corrected chi connectivity index (χ1v) is 4.82. The topological polar surface area (TPSA) is 48.0 Å². The first-order chi connectivity index (χ1) is 5.27. The fraction of sp³-hybridized carbons (Fsp3) is 0.600. The van der Waals surface area contributed by atoms with Crippen molar-refractivity contribution >= 4 is 23.4 Å². The Kier molecular flexibility index (Phi) is 3.02. The second-order valence-electron chi connectivity index (χ2n) is 1.81. The SMILES string of the molecule is CSCc1nn(CCl)c(=O)o1. The molecule has 0 amide bonds. The van der Waals surface area contributed by atoms with E-state index in [2.05, 4.69) is 5.10 Å². The van der Waals surface area contributed by atoms with Crippen LogP contribution in [0.5, 0.6) is 0 Å². The van der Waals surface area contributed by atoms with Gasteiger partial charge in [0.2, 0.25) is 5.89 Å². The zero-order chi connectivity index (χ0) is 8.27. The van der Waals surface area contributed by atoms with Crippen LogP contribution < -0.4 is 5.76 Å². The van der Waals surface area contributed by atoms with Crippen molar-refractivity contribution in [3.8, 4) is 0 Å². The zero-order valence-electron chi connectivity index (χ0n) is 5.91. The van der Waals surface area contributed by atoms with Crippen LogP contribution >= 0.6 is 23.4 Å². The Bertz CT molecular complexity index is 282. The molecule has 0 aliphatic heterocycles. The highest BCUT2D eigenvalue weighted by molar-refractivity contribution is 7.97. The van der Waals surface area contributed by atoms with Crippen LogP contribution in [0, 0.1) is 0 Å². The molecule has 6 heteroatoms. The van der Waals surface area contributed by atoms with Crippen LogP contribution in [0.3, 0.4) is 0 Å². The number of halogens is 1. The van der Waals surface area contributed by atoms with Crippen LogP contribution in [-0.4, -0.2) is 16.0 Å². The van der Waals surface area contributed by atoms with Crippen LogP contribution in [0.2, 0.25) is 0 Å². The van der Waals surface area contributed by atoms with Gasteiger partial charge in [0.1, 0.15) is 6.00 Å². The fourth-order valence-corrected chi connectivity index (χ4v) is 1.12. The molecule has 0 bridgehead atoms. The van der Waals surface area contributed by atoms with Crippen molar-refractivity contribution in [2.75, 3.05) is 6.26 Å². The zero-order valence-corrected chi connectivity index (χ0v) is 7.48. The van der Waals surface area contributed by atoms with Gasteiger partial charge in [-0.25, -0.2) is 4.79 Å². The molecule has 0 fully saturated rings. The maximum absolute atomic E-state index is 10.8. The first kappa shape index (κ1) is 8.67. The lowest BCUT2D eigenvalue weighted by molar-refractivity contribution is 0.467. The average Bonchev–Trinajstić information content (AvgIpc) is 2.32. The van der Waals surface area contributed by atoms with Crippen molar-refractivity contribution in [2.24, 2.45) is 0 Å². The highest BCUT2D eigenvalue weighted by Crippen LogP contribution is 2.03. The summed E-state index contributed by atoms with van der Waals surface area (Å²) in [4.78, 5) is 10.8. The summed E-state index contributed by atoms with van der Waals surface area (Å²) in [6.07, 6.45) is 1.90. The molecule has 0 N–H and O–H groups in total. The first-order valence-electron chi connectivity index (χ1n) is 2.89. The highest BCUT2D eigenvalue weighted by atomic mass is 35.5. The van der Waals surface area contributed by atoms with Gasteiger partial charge in [-0.1, -0.05) is 0 Å². The number of aromatic nitrogens is 2. The van der Waals surface area contributed by atoms with Crippen molar-refractivity contribution in [2.45, 2.75) is 11.8 Å². The lowest BCUT2D eigenvalue weighted by Crippen LogP contribution is -2.12. The number of rotatable bonds is 3. The predicted molar refractivity (Wildman–Crippen MR) is 43.8 cm³/mol. The van der Waals surface area contributed by atoms with Crippen LogP contribution in [0.15, 0.2) is 9.21 Å². The van der Waals surface area contributed by atoms with Gasteiger partial charge in [-0.05, 0) is 6.26 Å². The summed E-state index contributed by atoms with van der Waals surface area (Å²) in [5, 5.41) is 3.80. The molecular formula is C5H7ClN2O2S.